The van der Waals surface area contributed by atoms with Crippen molar-refractivity contribution in [3.05, 3.63) is 0 Å². The van der Waals surface area contributed by atoms with Crippen molar-refractivity contribution in [2.24, 2.45) is 0 Å². The molecule has 4 N–H and O–H groups in total. The summed E-state index contributed by atoms with van der Waals surface area (Å²) in [6, 6.07) is -0.303. The van der Waals surface area contributed by atoms with Gasteiger partial charge in [-0.3, -0.25) is 0 Å². The van der Waals surface area contributed by atoms with Crippen LogP contribution in [0.15, 0.2) is 0 Å². The molecule has 0 spiro atoms. The lowest BCUT2D eigenvalue weighted by atomic mass is 10.1. The Bertz CT molecular complexity index is 290. The van der Waals surface area contributed by atoms with Crippen LogP contribution >= 0.6 is 11.8 Å². The third kappa shape index (κ3) is 4.82. The molecule has 0 saturated carbocycles. The predicted molar refractivity (Wildman–Crippen MR) is 65.1 cm³/mol. The molecule has 98 valence electrons. The smallest absolute Gasteiger partial charge is 0.337 e. The summed E-state index contributed by atoms with van der Waals surface area (Å²) >= 11 is 1.79. The van der Waals surface area contributed by atoms with E-state index in [9.17, 15) is 14.7 Å². The maximum absolute atomic E-state index is 11.4. The van der Waals surface area contributed by atoms with Crippen LogP contribution in [0.4, 0.5) is 4.79 Å². The van der Waals surface area contributed by atoms with Crippen LogP contribution in [0, 0.1) is 0 Å². The highest BCUT2D eigenvalue weighted by atomic mass is 32.2. The van der Waals surface area contributed by atoms with Gasteiger partial charge in [0.2, 0.25) is 0 Å². The van der Waals surface area contributed by atoms with Gasteiger partial charge >= 0.3 is 12.0 Å². The van der Waals surface area contributed by atoms with Crippen molar-refractivity contribution in [1.82, 2.24) is 10.6 Å². The van der Waals surface area contributed by atoms with Crippen LogP contribution < -0.4 is 10.6 Å². The van der Waals surface area contributed by atoms with E-state index in [-0.39, 0.29) is 12.6 Å². The van der Waals surface area contributed by atoms with Crippen LogP contribution in [0.2, 0.25) is 0 Å². The number of aliphatic hydroxyl groups is 1. The van der Waals surface area contributed by atoms with Crippen LogP contribution in [-0.4, -0.2) is 51.9 Å². The first-order chi connectivity index (χ1) is 7.92. The number of urea groups is 1. The van der Waals surface area contributed by atoms with E-state index in [0.29, 0.717) is 0 Å². The number of aliphatic carboxylic acids is 1. The van der Waals surface area contributed by atoms with Crippen molar-refractivity contribution in [2.45, 2.75) is 31.4 Å². The number of carbonyl (C=O) groups is 2. The molecule has 2 amide bonds. The first-order valence-electron chi connectivity index (χ1n) is 5.50. The fourth-order valence-corrected chi connectivity index (χ4v) is 2.49. The first kappa shape index (κ1) is 14.1. The van der Waals surface area contributed by atoms with E-state index in [4.69, 9.17) is 5.11 Å². The standard InChI is InChI=1S/C10H18N2O4S/c1-10(16,8(13)14)6-11-9(15)12-7-3-2-4-17-5-7/h7,16H,2-6H2,1H3,(H,13,14)(H2,11,12,15). The minimum atomic E-state index is -1.93. The van der Waals surface area contributed by atoms with Crippen LogP contribution in [0.1, 0.15) is 19.8 Å². The molecule has 0 aromatic heterocycles. The van der Waals surface area contributed by atoms with E-state index in [1.165, 1.54) is 0 Å². The molecule has 0 aliphatic carbocycles. The van der Waals surface area contributed by atoms with Gasteiger partial charge in [0.05, 0.1) is 6.54 Å². The van der Waals surface area contributed by atoms with Crippen molar-refractivity contribution in [3.8, 4) is 0 Å². The zero-order chi connectivity index (χ0) is 12.9. The second-order valence-corrected chi connectivity index (χ2v) is 5.47. The summed E-state index contributed by atoms with van der Waals surface area (Å²) in [6.07, 6.45) is 2.01. The average molecular weight is 262 g/mol. The van der Waals surface area contributed by atoms with Crippen molar-refractivity contribution in [1.29, 1.82) is 0 Å². The maximum atomic E-state index is 11.4. The highest BCUT2D eigenvalue weighted by molar-refractivity contribution is 7.99. The summed E-state index contributed by atoms with van der Waals surface area (Å²) in [5, 5.41) is 23.2. The highest BCUT2D eigenvalue weighted by Gasteiger charge is 2.30. The summed E-state index contributed by atoms with van der Waals surface area (Å²) in [4.78, 5) is 22.0. The van der Waals surface area contributed by atoms with Crippen molar-refractivity contribution in [2.75, 3.05) is 18.1 Å². The van der Waals surface area contributed by atoms with Gasteiger partial charge in [-0.15, -0.1) is 0 Å². The predicted octanol–water partition coefficient (Wildman–Crippen LogP) is 0.0168. The van der Waals surface area contributed by atoms with Crippen LogP contribution in [0.25, 0.3) is 0 Å². The average Bonchev–Trinajstić information content (AvgIpc) is 2.28. The zero-order valence-corrected chi connectivity index (χ0v) is 10.5. The largest absolute Gasteiger partial charge is 0.479 e. The molecule has 0 aromatic rings. The number of nitrogens with one attached hydrogen (secondary N) is 2. The van der Waals surface area contributed by atoms with E-state index in [0.717, 1.165) is 31.3 Å². The van der Waals surface area contributed by atoms with Gasteiger partial charge in [-0.25, -0.2) is 9.59 Å². The Balaban J connectivity index is 2.27. The molecule has 0 radical (unpaired) electrons. The number of carboxylic acid groups (broad SMARTS) is 1. The molecular weight excluding hydrogens is 244 g/mol. The van der Waals surface area contributed by atoms with Gasteiger partial charge in [0.1, 0.15) is 0 Å². The lowest BCUT2D eigenvalue weighted by molar-refractivity contribution is -0.155. The molecule has 17 heavy (non-hydrogen) atoms. The second kappa shape index (κ2) is 6.11. The molecule has 1 fully saturated rings. The van der Waals surface area contributed by atoms with E-state index in [1.807, 2.05) is 0 Å². The molecule has 1 aliphatic heterocycles. The minimum Gasteiger partial charge on any atom is -0.479 e. The van der Waals surface area contributed by atoms with Crippen molar-refractivity contribution >= 4 is 23.8 Å². The zero-order valence-electron chi connectivity index (χ0n) is 9.73. The summed E-state index contributed by atoms with van der Waals surface area (Å²) in [6.45, 7) is 0.833. The normalized spacial score (nSPS) is 23.5. The van der Waals surface area contributed by atoms with Crippen LogP contribution in [0.3, 0.4) is 0 Å². The van der Waals surface area contributed by atoms with E-state index < -0.39 is 17.6 Å². The Morgan fingerprint density at radius 2 is 2.24 bits per heavy atom. The molecule has 1 aliphatic rings. The van der Waals surface area contributed by atoms with Gasteiger partial charge < -0.3 is 20.8 Å². The van der Waals surface area contributed by atoms with Gasteiger partial charge in [0.15, 0.2) is 5.60 Å². The van der Waals surface area contributed by atoms with Gasteiger partial charge in [-0.1, -0.05) is 0 Å². The minimum absolute atomic E-state index is 0.128. The number of carboxylic acids is 1. The van der Waals surface area contributed by atoms with Gasteiger partial charge in [0, 0.05) is 11.8 Å². The highest BCUT2D eigenvalue weighted by Crippen LogP contribution is 2.16. The molecule has 0 bridgehead atoms. The molecule has 6 nitrogen and oxygen atoms in total. The maximum Gasteiger partial charge on any atom is 0.337 e. The lowest BCUT2D eigenvalue weighted by Gasteiger charge is -2.24. The van der Waals surface area contributed by atoms with Gasteiger partial charge in [0.25, 0.3) is 0 Å². The Hall–Kier alpha value is -0.950. The third-order valence-electron chi connectivity index (χ3n) is 2.55. The molecular formula is C10H18N2O4S. The Kier molecular flexibility index (Phi) is 5.07. The molecule has 2 unspecified atom stereocenters. The van der Waals surface area contributed by atoms with Crippen molar-refractivity contribution in [3.63, 3.8) is 0 Å². The fraction of sp³-hybridized carbons (Fsp3) is 0.800. The third-order valence-corrected chi connectivity index (χ3v) is 3.76. The molecule has 1 rings (SSSR count). The Morgan fingerprint density at radius 1 is 1.53 bits per heavy atom. The molecule has 7 heteroatoms. The van der Waals surface area contributed by atoms with E-state index in [2.05, 4.69) is 10.6 Å². The number of amides is 2. The van der Waals surface area contributed by atoms with Crippen molar-refractivity contribution < 1.29 is 19.8 Å². The number of rotatable bonds is 4. The summed E-state index contributed by atoms with van der Waals surface area (Å²) < 4.78 is 0. The SMILES string of the molecule is CC(O)(CNC(=O)NC1CCCSC1)C(=O)O. The molecule has 1 saturated heterocycles. The second-order valence-electron chi connectivity index (χ2n) is 4.32. The van der Waals surface area contributed by atoms with Gasteiger partial charge in [-0.2, -0.15) is 11.8 Å². The van der Waals surface area contributed by atoms with Gasteiger partial charge in [-0.05, 0) is 25.5 Å². The number of thioether (sulfide) groups is 1. The number of hydrogen-bond acceptors (Lipinski definition) is 4. The fourth-order valence-electron chi connectivity index (χ4n) is 1.42. The summed E-state index contributed by atoms with van der Waals surface area (Å²) in [5.74, 6) is 0.641. The Morgan fingerprint density at radius 3 is 2.76 bits per heavy atom. The van der Waals surface area contributed by atoms with Crippen LogP contribution in [0.5, 0.6) is 0 Å². The number of hydrogen-bond donors (Lipinski definition) is 4. The molecule has 0 aromatic carbocycles. The van der Waals surface area contributed by atoms with Crippen LogP contribution in [-0.2, 0) is 4.79 Å². The van der Waals surface area contributed by atoms with E-state index >= 15 is 0 Å². The Labute approximate surface area is 104 Å². The first-order valence-corrected chi connectivity index (χ1v) is 6.65. The summed E-state index contributed by atoms with van der Waals surface area (Å²) in [5.41, 5.74) is -1.93. The summed E-state index contributed by atoms with van der Waals surface area (Å²) in [7, 11) is 0. The molecule has 2 atom stereocenters. The lowest BCUT2D eigenvalue weighted by Crippen LogP contribution is -2.51. The monoisotopic (exact) mass is 262 g/mol. The topological polar surface area (TPSA) is 98.7 Å². The quantitative estimate of drug-likeness (QED) is 0.572. The van der Waals surface area contributed by atoms with E-state index in [1.54, 1.807) is 11.8 Å². The number of carbonyl (C=O) groups excluding carboxylic acids is 1. The molecule has 1 heterocycles.